The molecule has 72 valence electrons. The number of piperidine rings is 1. The van der Waals surface area contributed by atoms with Crippen LogP contribution >= 0.6 is 0 Å². The molecular formula is C11H23N. The second-order valence-electron chi connectivity index (χ2n) is 5.25. The van der Waals surface area contributed by atoms with Gasteiger partial charge in [0, 0.05) is 6.54 Å². The number of rotatable bonds is 2. The third kappa shape index (κ3) is 2.78. The van der Waals surface area contributed by atoms with E-state index in [9.17, 15) is 0 Å². The summed E-state index contributed by atoms with van der Waals surface area (Å²) < 4.78 is 0. The van der Waals surface area contributed by atoms with Crippen LogP contribution in [-0.4, -0.2) is 25.0 Å². The zero-order chi connectivity index (χ0) is 9.19. The molecule has 0 aromatic rings. The van der Waals surface area contributed by atoms with Gasteiger partial charge >= 0.3 is 0 Å². The molecule has 1 atom stereocenters. The van der Waals surface area contributed by atoms with Crippen LogP contribution in [0.2, 0.25) is 0 Å². The topological polar surface area (TPSA) is 3.24 Å². The van der Waals surface area contributed by atoms with Crippen LogP contribution in [0.15, 0.2) is 0 Å². The van der Waals surface area contributed by atoms with E-state index < -0.39 is 0 Å². The van der Waals surface area contributed by atoms with Gasteiger partial charge in [-0.15, -0.1) is 0 Å². The predicted molar refractivity (Wildman–Crippen MR) is 54.3 cm³/mol. The Bertz CT molecular complexity index is 138. The minimum atomic E-state index is 0.598. The van der Waals surface area contributed by atoms with Crippen LogP contribution in [0.25, 0.3) is 0 Å². The summed E-state index contributed by atoms with van der Waals surface area (Å²) in [5.74, 6) is 0.849. The van der Waals surface area contributed by atoms with E-state index in [1.165, 1.54) is 32.4 Å². The Morgan fingerprint density at radius 3 is 2.58 bits per heavy atom. The lowest BCUT2D eigenvalue weighted by Gasteiger charge is -2.40. The monoisotopic (exact) mass is 169 g/mol. The lowest BCUT2D eigenvalue weighted by Crippen LogP contribution is -2.39. The van der Waals surface area contributed by atoms with Crippen molar-refractivity contribution in [2.75, 3.05) is 20.1 Å². The Labute approximate surface area is 77.1 Å². The molecule has 12 heavy (non-hydrogen) atoms. The Hall–Kier alpha value is -0.0400. The van der Waals surface area contributed by atoms with Gasteiger partial charge in [0.15, 0.2) is 0 Å². The van der Waals surface area contributed by atoms with Crippen LogP contribution in [0.5, 0.6) is 0 Å². The normalized spacial score (nSPS) is 32.8. The molecule has 0 bridgehead atoms. The summed E-state index contributed by atoms with van der Waals surface area (Å²) in [6.45, 7) is 9.71. The fraction of sp³-hybridized carbons (Fsp3) is 1.00. The summed E-state index contributed by atoms with van der Waals surface area (Å²) in [6.07, 6.45) is 4.20. The first kappa shape index (κ1) is 10.0. The van der Waals surface area contributed by atoms with Crippen molar-refractivity contribution >= 4 is 0 Å². The maximum atomic E-state index is 2.48. The van der Waals surface area contributed by atoms with Crippen molar-refractivity contribution in [3.63, 3.8) is 0 Å². The number of nitrogens with zero attached hydrogens (tertiary/aromatic N) is 1. The molecule has 1 heteroatoms. The maximum absolute atomic E-state index is 2.48. The van der Waals surface area contributed by atoms with E-state index in [2.05, 4.69) is 32.7 Å². The molecule has 1 nitrogen and oxygen atoms in total. The minimum Gasteiger partial charge on any atom is -0.306 e. The molecule has 0 saturated carbocycles. The van der Waals surface area contributed by atoms with Gasteiger partial charge in [0.25, 0.3) is 0 Å². The molecule has 0 radical (unpaired) electrons. The highest BCUT2D eigenvalue weighted by Crippen LogP contribution is 2.34. The summed E-state index contributed by atoms with van der Waals surface area (Å²) in [5, 5.41) is 0. The average molecular weight is 169 g/mol. The highest BCUT2D eigenvalue weighted by molar-refractivity contribution is 4.82. The standard InChI is InChI=1S/C11H23N/c1-10(2)8-11(3)6-5-7-12(4)9-11/h10H,5-9H2,1-4H3. The molecular weight excluding hydrogens is 146 g/mol. The fourth-order valence-electron chi connectivity index (χ4n) is 2.74. The van der Waals surface area contributed by atoms with E-state index in [0.717, 1.165) is 5.92 Å². The Kier molecular flexibility index (Phi) is 3.16. The molecule has 0 aromatic carbocycles. The van der Waals surface area contributed by atoms with Gasteiger partial charge in [-0.2, -0.15) is 0 Å². The molecule has 1 heterocycles. The van der Waals surface area contributed by atoms with Crippen molar-refractivity contribution in [2.24, 2.45) is 11.3 Å². The lowest BCUT2D eigenvalue weighted by molar-refractivity contribution is 0.103. The van der Waals surface area contributed by atoms with Crippen LogP contribution < -0.4 is 0 Å². The molecule has 0 N–H and O–H groups in total. The third-order valence-corrected chi connectivity index (χ3v) is 2.87. The molecule has 1 saturated heterocycles. The van der Waals surface area contributed by atoms with Gasteiger partial charge in [-0.3, -0.25) is 0 Å². The Morgan fingerprint density at radius 2 is 2.08 bits per heavy atom. The molecule has 1 aliphatic rings. The number of likely N-dealkylation sites (tertiary alicyclic amines) is 1. The van der Waals surface area contributed by atoms with Crippen molar-refractivity contribution in [1.29, 1.82) is 0 Å². The first-order chi connectivity index (χ1) is 5.52. The molecule has 0 aromatic heterocycles. The number of hydrogen-bond acceptors (Lipinski definition) is 1. The van der Waals surface area contributed by atoms with E-state index in [0.29, 0.717) is 5.41 Å². The van der Waals surface area contributed by atoms with E-state index in [-0.39, 0.29) is 0 Å². The van der Waals surface area contributed by atoms with Crippen molar-refractivity contribution in [3.8, 4) is 0 Å². The maximum Gasteiger partial charge on any atom is 0.00324 e. The van der Waals surface area contributed by atoms with Gasteiger partial charge in [-0.05, 0) is 44.2 Å². The van der Waals surface area contributed by atoms with E-state index in [1.54, 1.807) is 0 Å². The first-order valence-corrected chi connectivity index (χ1v) is 5.20. The second kappa shape index (κ2) is 3.78. The summed E-state index contributed by atoms with van der Waals surface area (Å²) in [5.41, 5.74) is 0.598. The minimum absolute atomic E-state index is 0.598. The molecule has 1 fully saturated rings. The molecule has 1 unspecified atom stereocenters. The van der Waals surface area contributed by atoms with Crippen molar-refractivity contribution in [1.82, 2.24) is 4.90 Å². The van der Waals surface area contributed by atoms with Crippen molar-refractivity contribution in [3.05, 3.63) is 0 Å². The van der Waals surface area contributed by atoms with E-state index in [4.69, 9.17) is 0 Å². The quantitative estimate of drug-likeness (QED) is 0.614. The van der Waals surface area contributed by atoms with E-state index >= 15 is 0 Å². The van der Waals surface area contributed by atoms with E-state index in [1.807, 2.05) is 0 Å². The summed E-state index contributed by atoms with van der Waals surface area (Å²) >= 11 is 0. The van der Waals surface area contributed by atoms with Crippen molar-refractivity contribution in [2.45, 2.75) is 40.0 Å². The van der Waals surface area contributed by atoms with Crippen molar-refractivity contribution < 1.29 is 0 Å². The van der Waals surface area contributed by atoms with Gasteiger partial charge in [-0.1, -0.05) is 20.8 Å². The van der Waals surface area contributed by atoms with Gasteiger partial charge in [0.05, 0.1) is 0 Å². The summed E-state index contributed by atoms with van der Waals surface area (Å²) in [6, 6.07) is 0. The first-order valence-electron chi connectivity index (χ1n) is 5.20. The summed E-state index contributed by atoms with van der Waals surface area (Å²) in [4.78, 5) is 2.48. The fourth-order valence-corrected chi connectivity index (χ4v) is 2.74. The van der Waals surface area contributed by atoms with Gasteiger partial charge in [0.2, 0.25) is 0 Å². The van der Waals surface area contributed by atoms with Gasteiger partial charge < -0.3 is 4.90 Å². The molecule has 0 aliphatic carbocycles. The predicted octanol–water partition coefficient (Wildman–Crippen LogP) is 2.76. The SMILES string of the molecule is CC(C)CC1(C)CCCN(C)C1. The van der Waals surface area contributed by atoms with Crippen LogP contribution in [-0.2, 0) is 0 Å². The highest BCUT2D eigenvalue weighted by Gasteiger charge is 2.29. The molecule has 0 amide bonds. The average Bonchev–Trinajstić information content (AvgIpc) is 1.82. The summed E-state index contributed by atoms with van der Waals surface area (Å²) in [7, 11) is 2.25. The molecule has 0 spiro atoms. The molecule has 1 aliphatic heterocycles. The van der Waals surface area contributed by atoms with Gasteiger partial charge in [0.1, 0.15) is 0 Å². The second-order valence-corrected chi connectivity index (χ2v) is 5.25. The number of hydrogen-bond donors (Lipinski definition) is 0. The van der Waals surface area contributed by atoms with Gasteiger partial charge in [-0.25, -0.2) is 0 Å². The third-order valence-electron chi connectivity index (χ3n) is 2.87. The van der Waals surface area contributed by atoms with Crippen LogP contribution in [0, 0.1) is 11.3 Å². The van der Waals surface area contributed by atoms with Crippen LogP contribution in [0.1, 0.15) is 40.0 Å². The highest BCUT2D eigenvalue weighted by atomic mass is 15.1. The zero-order valence-corrected chi connectivity index (χ0v) is 9.06. The van der Waals surface area contributed by atoms with Crippen LogP contribution in [0.3, 0.4) is 0 Å². The zero-order valence-electron chi connectivity index (χ0n) is 9.06. The molecule has 1 rings (SSSR count). The Morgan fingerprint density at radius 1 is 1.42 bits per heavy atom. The Balaban J connectivity index is 2.45. The largest absolute Gasteiger partial charge is 0.306 e. The smallest absolute Gasteiger partial charge is 0.00324 e. The van der Waals surface area contributed by atoms with Crippen LogP contribution in [0.4, 0.5) is 0 Å². The lowest BCUT2D eigenvalue weighted by atomic mass is 9.76.